The molecule has 6 nitrogen and oxygen atoms in total. The number of nitrogens with zero attached hydrogens (tertiary/aromatic N) is 1. The van der Waals surface area contributed by atoms with Gasteiger partial charge in [-0.25, -0.2) is 0 Å². The second-order valence-corrected chi connectivity index (χ2v) is 6.25. The smallest absolute Gasteiger partial charge is 0.293 e. The first-order chi connectivity index (χ1) is 11.0. The number of amides is 2. The maximum Gasteiger partial charge on any atom is 0.293 e. The van der Waals surface area contributed by atoms with Crippen LogP contribution in [0, 0.1) is 0 Å². The number of thioether (sulfide) groups is 1. The van der Waals surface area contributed by atoms with Crippen molar-refractivity contribution in [2.45, 2.75) is 26.3 Å². The summed E-state index contributed by atoms with van der Waals surface area (Å²) < 4.78 is 16.0. The summed E-state index contributed by atoms with van der Waals surface area (Å²) in [5.74, 6) is 1.49. The Kier molecular flexibility index (Phi) is 4.21. The zero-order valence-electron chi connectivity index (χ0n) is 13.1. The van der Waals surface area contributed by atoms with Crippen LogP contribution in [0.3, 0.4) is 0 Å². The van der Waals surface area contributed by atoms with Gasteiger partial charge in [-0.3, -0.25) is 14.5 Å². The van der Waals surface area contributed by atoms with Crippen molar-refractivity contribution in [3.05, 3.63) is 22.6 Å². The predicted molar refractivity (Wildman–Crippen MR) is 86.7 cm³/mol. The van der Waals surface area contributed by atoms with E-state index in [0.29, 0.717) is 27.7 Å². The fraction of sp³-hybridized carbons (Fsp3) is 0.375. The largest absolute Gasteiger partial charge is 0.496 e. The van der Waals surface area contributed by atoms with Crippen LogP contribution >= 0.6 is 11.8 Å². The third-order valence-electron chi connectivity index (χ3n) is 3.87. The lowest BCUT2D eigenvalue weighted by Crippen LogP contribution is -2.36. The molecule has 1 aromatic carbocycles. The second kappa shape index (κ2) is 6.16. The highest BCUT2D eigenvalue weighted by atomic mass is 32.2. The third-order valence-corrected chi connectivity index (χ3v) is 4.75. The Morgan fingerprint density at radius 3 is 2.70 bits per heavy atom. The van der Waals surface area contributed by atoms with E-state index in [9.17, 15) is 9.59 Å². The number of fused-ring (bicyclic) bond motifs is 1. The highest BCUT2D eigenvalue weighted by molar-refractivity contribution is 8.18. The molecule has 1 saturated heterocycles. The summed E-state index contributed by atoms with van der Waals surface area (Å²) in [6.07, 6.45) is 2.38. The van der Waals surface area contributed by atoms with E-state index < -0.39 is 0 Å². The molecule has 122 valence electrons. The Morgan fingerprint density at radius 1 is 1.35 bits per heavy atom. The number of rotatable bonds is 4. The number of hydrogen-bond acceptors (Lipinski definition) is 6. The van der Waals surface area contributed by atoms with Crippen LogP contribution in [0.2, 0.25) is 0 Å². The van der Waals surface area contributed by atoms with E-state index in [2.05, 4.69) is 0 Å². The van der Waals surface area contributed by atoms with Gasteiger partial charge in [-0.15, -0.1) is 0 Å². The summed E-state index contributed by atoms with van der Waals surface area (Å²) in [5, 5.41) is -0.240. The van der Waals surface area contributed by atoms with Crippen molar-refractivity contribution in [3.8, 4) is 17.2 Å². The van der Waals surface area contributed by atoms with Crippen LogP contribution in [0.1, 0.15) is 25.8 Å². The van der Waals surface area contributed by atoms with Crippen molar-refractivity contribution < 1.29 is 23.8 Å². The number of carbonyl (C=O) groups is 2. The summed E-state index contributed by atoms with van der Waals surface area (Å²) in [6, 6.07) is 3.35. The summed E-state index contributed by atoms with van der Waals surface area (Å²) in [5.41, 5.74) is 0.673. The minimum Gasteiger partial charge on any atom is -0.496 e. The second-order valence-electron chi connectivity index (χ2n) is 5.26. The van der Waals surface area contributed by atoms with Crippen LogP contribution in [-0.4, -0.2) is 36.0 Å². The third kappa shape index (κ3) is 2.76. The van der Waals surface area contributed by atoms with Crippen LogP contribution in [-0.2, 0) is 4.79 Å². The number of hydrogen-bond donors (Lipinski definition) is 0. The standard InChI is InChI=1S/C16H17NO5S/c1-4-9(2)17-15(18)14(23-16(17)19)6-10-5-12-13(22-8-21-12)7-11(10)20-3/h5-7,9H,4,8H2,1-3H3/b14-6-/t9-/m1/s1. The lowest BCUT2D eigenvalue weighted by Gasteiger charge is -2.19. The number of carbonyl (C=O) groups excluding carboxylic acids is 2. The molecule has 2 heterocycles. The first-order valence-electron chi connectivity index (χ1n) is 7.29. The number of methoxy groups -OCH3 is 1. The van der Waals surface area contributed by atoms with Gasteiger partial charge < -0.3 is 14.2 Å². The van der Waals surface area contributed by atoms with Crippen LogP contribution in [0.4, 0.5) is 4.79 Å². The topological polar surface area (TPSA) is 65.1 Å². The van der Waals surface area contributed by atoms with E-state index in [4.69, 9.17) is 14.2 Å². The average molecular weight is 335 g/mol. The van der Waals surface area contributed by atoms with E-state index in [1.165, 1.54) is 4.90 Å². The summed E-state index contributed by atoms with van der Waals surface area (Å²) in [6.45, 7) is 3.96. The van der Waals surface area contributed by atoms with Crippen molar-refractivity contribution in [2.75, 3.05) is 13.9 Å². The van der Waals surface area contributed by atoms with Crippen molar-refractivity contribution in [1.29, 1.82) is 0 Å². The Morgan fingerprint density at radius 2 is 2.04 bits per heavy atom. The maximum atomic E-state index is 12.5. The van der Waals surface area contributed by atoms with E-state index in [1.807, 2.05) is 13.8 Å². The molecular weight excluding hydrogens is 318 g/mol. The minimum atomic E-state index is -0.269. The molecule has 1 atom stereocenters. The molecule has 23 heavy (non-hydrogen) atoms. The molecule has 2 aliphatic rings. The van der Waals surface area contributed by atoms with Crippen LogP contribution in [0.5, 0.6) is 17.2 Å². The zero-order valence-corrected chi connectivity index (χ0v) is 13.9. The molecule has 0 radical (unpaired) electrons. The molecule has 0 aliphatic carbocycles. The average Bonchev–Trinajstić information content (AvgIpc) is 3.10. The van der Waals surface area contributed by atoms with Gasteiger partial charge in [-0.1, -0.05) is 6.92 Å². The molecule has 2 aliphatic heterocycles. The van der Waals surface area contributed by atoms with Crippen LogP contribution in [0.15, 0.2) is 17.0 Å². The van der Waals surface area contributed by atoms with Gasteiger partial charge in [0.25, 0.3) is 11.1 Å². The van der Waals surface area contributed by atoms with Gasteiger partial charge in [0.05, 0.1) is 12.0 Å². The lowest BCUT2D eigenvalue weighted by molar-refractivity contribution is -0.124. The molecular formula is C16H17NO5S. The minimum absolute atomic E-state index is 0.118. The normalized spacial score (nSPS) is 19.6. The molecule has 0 bridgehead atoms. The summed E-state index contributed by atoms with van der Waals surface area (Å²) in [7, 11) is 1.54. The molecule has 0 aromatic heterocycles. The molecule has 1 fully saturated rings. The summed E-state index contributed by atoms with van der Waals surface area (Å²) in [4.78, 5) is 26.2. The summed E-state index contributed by atoms with van der Waals surface area (Å²) >= 11 is 0.944. The molecule has 7 heteroatoms. The zero-order chi connectivity index (χ0) is 16.6. The highest BCUT2D eigenvalue weighted by Gasteiger charge is 2.37. The number of ether oxygens (including phenoxy) is 3. The van der Waals surface area contributed by atoms with Gasteiger partial charge in [0.2, 0.25) is 6.79 Å². The van der Waals surface area contributed by atoms with Gasteiger partial charge in [0, 0.05) is 17.7 Å². The van der Waals surface area contributed by atoms with Crippen LogP contribution < -0.4 is 14.2 Å². The molecule has 0 saturated carbocycles. The first kappa shape index (κ1) is 15.7. The predicted octanol–water partition coefficient (Wildman–Crippen LogP) is 3.26. The number of imide groups is 1. The molecule has 0 spiro atoms. The Hall–Kier alpha value is -2.15. The Labute approximate surface area is 138 Å². The lowest BCUT2D eigenvalue weighted by atomic mass is 10.1. The van der Waals surface area contributed by atoms with Crippen molar-refractivity contribution >= 4 is 29.0 Å². The van der Waals surface area contributed by atoms with Crippen LogP contribution in [0.25, 0.3) is 6.08 Å². The van der Waals surface area contributed by atoms with E-state index in [1.54, 1.807) is 25.3 Å². The van der Waals surface area contributed by atoms with E-state index in [0.717, 1.165) is 18.2 Å². The number of benzene rings is 1. The van der Waals surface area contributed by atoms with Gasteiger partial charge in [-0.05, 0) is 37.2 Å². The molecule has 0 N–H and O–H groups in total. The first-order valence-corrected chi connectivity index (χ1v) is 8.11. The molecule has 2 amide bonds. The fourth-order valence-corrected chi connectivity index (χ4v) is 3.33. The Bertz CT molecular complexity index is 700. The fourth-order valence-electron chi connectivity index (χ4n) is 2.41. The Balaban J connectivity index is 1.96. The van der Waals surface area contributed by atoms with Crippen molar-refractivity contribution in [2.24, 2.45) is 0 Å². The van der Waals surface area contributed by atoms with Crippen molar-refractivity contribution in [1.82, 2.24) is 4.90 Å². The van der Waals surface area contributed by atoms with Gasteiger partial charge in [0.1, 0.15) is 5.75 Å². The van der Waals surface area contributed by atoms with Gasteiger partial charge in [-0.2, -0.15) is 0 Å². The SMILES string of the molecule is CC[C@@H](C)N1C(=O)S/C(=C\c2cc3c(cc2OC)OCO3)C1=O. The highest BCUT2D eigenvalue weighted by Crippen LogP contribution is 2.41. The maximum absolute atomic E-state index is 12.5. The molecule has 0 unspecified atom stereocenters. The van der Waals surface area contributed by atoms with E-state index in [-0.39, 0.29) is 24.0 Å². The monoisotopic (exact) mass is 335 g/mol. The molecule has 1 aromatic rings. The molecule has 3 rings (SSSR count). The van der Waals surface area contributed by atoms with E-state index >= 15 is 0 Å². The van der Waals surface area contributed by atoms with Gasteiger partial charge >= 0.3 is 0 Å². The quantitative estimate of drug-likeness (QED) is 0.787. The van der Waals surface area contributed by atoms with Crippen molar-refractivity contribution in [3.63, 3.8) is 0 Å². The van der Waals surface area contributed by atoms with Gasteiger partial charge in [0.15, 0.2) is 11.5 Å².